The molecule has 0 bridgehead atoms. The van der Waals surface area contributed by atoms with Crippen molar-refractivity contribution in [3.05, 3.63) is 40.7 Å². The first kappa shape index (κ1) is 10.5. The average Bonchev–Trinajstić information content (AvgIpc) is 2.37. The molecule has 0 amide bonds. The molecule has 0 radical (unpaired) electrons. The third-order valence-corrected chi connectivity index (χ3v) is 3.20. The molecule has 4 nitrogen and oxygen atoms in total. The second-order valence-electron chi connectivity index (χ2n) is 3.97. The van der Waals surface area contributed by atoms with Crippen molar-refractivity contribution in [1.29, 1.82) is 0 Å². The Morgan fingerprint density at radius 3 is 2.82 bits per heavy atom. The normalized spacial score (nSPS) is 12.8. The van der Waals surface area contributed by atoms with Gasteiger partial charge < -0.3 is 5.43 Å². The molecule has 5 heteroatoms. The van der Waals surface area contributed by atoms with Gasteiger partial charge in [0, 0.05) is 11.1 Å². The van der Waals surface area contributed by atoms with Crippen LogP contribution in [0.25, 0.3) is 11.3 Å². The van der Waals surface area contributed by atoms with Crippen LogP contribution in [0.3, 0.4) is 0 Å². The van der Waals surface area contributed by atoms with Gasteiger partial charge in [0.25, 0.3) is 0 Å². The molecule has 0 fully saturated rings. The smallest absolute Gasteiger partial charge is 0.224 e. The fourth-order valence-corrected chi connectivity index (χ4v) is 2.43. The predicted octanol–water partition coefficient (Wildman–Crippen LogP) is 2.18. The number of nitrogens with one attached hydrogen (secondary N) is 1. The van der Waals surface area contributed by atoms with Gasteiger partial charge in [-0.2, -0.15) is 4.98 Å². The van der Waals surface area contributed by atoms with Crippen LogP contribution in [-0.4, -0.2) is 9.97 Å². The Bertz CT molecular complexity index is 583. The molecule has 0 unspecified atom stereocenters. The molecule has 17 heavy (non-hydrogen) atoms. The van der Waals surface area contributed by atoms with Crippen LogP contribution in [0.4, 0.5) is 5.82 Å². The minimum Gasteiger partial charge on any atom is -0.308 e. The Hall–Kier alpha value is -1.65. The zero-order valence-corrected chi connectivity index (χ0v) is 9.83. The monoisotopic (exact) mass is 246 g/mol. The first-order valence-electron chi connectivity index (χ1n) is 5.41. The number of rotatable bonds is 1. The molecule has 1 aromatic carbocycles. The maximum absolute atomic E-state index is 5.91. The summed E-state index contributed by atoms with van der Waals surface area (Å²) >= 11 is 5.91. The number of fused-ring (bicyclic) bond motifs is 3. The highest BCUT2D eigenvalue weighted by molar-refractivity contribution is 6.28. The molecule has 2 aromatic rings. The minimum absolute atomic E-state index is 0.216. The van der Waals surface area contributed by atoms with Gasteiger partial charge in [-0.25, -0.2) is 10.8 Å². The molecule has 1 aliphatic rings. The highest BCUT2D eigenvalue weighted by atomic mass is 35.5. The maximum atomic E-state index is 5.91. The SMILES string of the molecule is NNc1nc(Cl)nc2c1CCc1ccccc1-2. The largest absolute Gasteiger partial charge is 0.308 e. The number of nitrogens with two attached hydrogens (primary N) is 1. The standard InChI is InChI=1S/C12H11ClN4/c13-12-15-10-8-4-2-1-3-7(8)5-6-9(10)11(16-12)17-14/h1-4H,5-6,14H2,(H,15,16,17). The number of hydrogen-bond donors (Lipinski definition) is 2. The fourth-order valence-electron chi connectivity index (χ4n) is 2.26. The molecule has 0 saturated heterocycles. The van der Waals surface area contributed by atoms with E-state index in [1.54, 1.807) is 0 Å². The summed E-state index contributed by atoms with van der Waals surface area (Å²) in [5.41, 5.74) is 6.93. The van der Waals surface area contributed by atoms with E-state index in [1.807, 2.05) is 12.1 Å². The number of benzene rings is 1. The van der Waals surface area contributed by atoms with E-state index in [1.165, 1.54) is 5.56 Å². The highest BCUT2D eigenvalue weighted by Crippen LogP contribution is 2.35. The summed E-state index contributed by atoms with van der Waals surface area (Å²) in [4.78, 5) is 8.42. The van der Waals surface area contributed by atoms with Crippen molar-refractivity contribution in [2.75, 3.05) is 5.43 Å². The summed E-state index contributed by atoms with van der Waals surface area (Å²) in [6, 6.07) is 8.20. The lowest BCUT2D eigenvalue weighted by molar-refractivity contribution is 0.910. The van der Waals surface area contributed by atoms with Gasteiger partial charge >= 0.3 is 0 Å². The first-order valence-corrected chi connectivity index (χ1v) is 5.78. The van der Waals surface area contributed by atoms with Gasteiger partial charge in [0.15, 0.2) is 0 Å². The van der Waals surface area contributed by atoms with E-state index < -0.39 is 0 Å². The highest BCUT2D eigenvalue weighted by Gasteiger charge is 2.21. The molecule has 1 aliphatic carbocycles. The van der Waals surface area contributed by atoms with E-state index in [9.17, 15) is 0 Å². The van der Waals surface area contributed by atoms with E-state index in [-0.39, 0.29) is 5.28 Å². The van der Waals surface area contributed by atoms with Gasteiger partial charge in [0.05, 0.1) is 5.69 Å². The Labute approximate surface area is 104 Å². The van der Waals surface area contributed by atoms with Gasteiger partial charge in [0.1, 0.15) is 5.82 Å². The van der Waals surface area contributed by atoms with Gasteiger partial charge in [-0.05, 0) is 30.0 Å². The first-order chi connectivity index (χ1) is 8.29. The summed E-state index contributed by atoms with van der Waals surface area (Å²) in [5, 5.41) is 0.216. The number of aryl methyl sites for hydroxylation is 1. The Kier molecular flexibility index (Phi) is 2.46. The van der Waals surface area contributed by atoms with Crippen LogP contribution < -0.4 is 11.3 Å². The summed E-state index contributed by atoms with van der Waals surface area (Å²) in [6.07, 6.45) is 1.85. The number of nitrogens with zero attached hydrogens (tertiary/aromatic N) is 2. The van der Waals surface area contributed by atoms with Gasteiger partial charge in [0.2, 0.25) is 5.28 Å². The van der Waals surface area contributed by atoms with Crippen molar-refractivity contribution in [1.82, 2.24) is 9.97 Å². The molecular formula is C12H11ClN4. The summed E-state index contributed by atoms with van der Waals surface area (Å²) < 4.78 is 0. The topological polar surface area (TPSA) is 63.8 Å². The molecule has 0 saturated carbocycles. The second-order valence-corrected chi connectivity index (χ2v) is 4.31. The quantitative estimate of drug-likeness (QED) is 0.460. The molecule has 86 valence electrons. The number of aromatic nitrogens is 2. The Balaban J connectivity index is 2.28. The lowest BCUT2D eigenvalue weighted by atomic mass is 9.89. The van der Waals surface area contributed by atoms with Crippen molar-refractivity contribution in [3.63, 3.8) is 0 Å². The molecule has 0 atom stereocenters. The Morgan fingerprint density at radius 2 is 2.00 bits per heavy atom. The zero-order valence-electron chi connectivity index (χ0n) is 9.07. The van der Waals surface area contributed by atoms with Crippen LogP contribution >= 0.6 is 11.6 Å². The van der Waals surface area contributed by atoms with Crippen LogP contribution in [0.2, 0.25) is 5.28 Å². The maximum Gasteiger partial charge on any atom is 0.224 e. The van der Waals surface area contributed by atoms with Crippen molar-refractivity contribution < 1.29 is 0 Å². The van der Waals surface area contributed by atoms with Gasteiger partial charge in [-0.15, -0.1) is 0 Å². The van der Waals surface area contributed by atoms with E-state index in [0.717, 1.165) is 29.7 Å². The molecule has 0 aliphatic heterocycles. The summed E-state index contributed by atoms with van der Waals surface area (Å²) in [5.74, 6) is 6.08. The third kappa shape index (κ3) is 1.66. The fraction of sp³-hybridized carbons (Fsp3) is 0.167. The minimum atomic E-state index is 0.216. The third-order valence-electron chi connectivity index (χ3n) is 3.03. The summed E-state index contributed by atoms with van der Waals surface area (Å²) in [7, 11) is 0. The molecule has 0 spiro atoms. The van der Waals surface area contributed by atoms with Crippen LogP contribution in [-0.2, 0) is 12.8 Å². The second kappa shape index (κ2) is 3.98. The average molecular weight is 247 g/mol. The zero-order chi connectivity index (χ0) is 11.8. The van der Waals surface area contributed by atoms with Gasteiger partial charge in [-0.1, -0.05) is 24.3 Å². The number of halogens is 1. The molecule has 3 rings (SSSR count). The van der Waals surface area contributed by atoms with Crippen molar-refractivity contribution in [2.24, 2.45) is 5.84 Å². The lowest BCUT2D eigenvalue weighted by Crippen LogP contribution is -2.16. The lowest BCUT2D eigenvalue weighted by Gasteiger charge is -2.20. The number of nitrogen functional groups attached to an aromatic ring is 1. The van der Waals surface area contributed by atoms with E-state index in [2.05, 4.69) is 27.5 Å². The number of hydrazine groups is 1. The van der Waals surface area contributed by atoms with E-state index in [0.29, 0.717) is 5.82 Å². The van der Waals surface area contributed by atoms with E-state index >= 15 is 0 Å². The number of hydrogen-bond acceptors (Lipinski definition) is 4. The van der Waals surface area contributed by atoms with Gasteiger partial charge in [-0.3, -0.25) is 0 Å². The van der Waals surface area contributed by atoms with Crippen LogP contribution in [0.1, 0.15) is 11.1 Å². The van der Waals surface area contributed by atoms with Crippen LogP contribution in [0.5, 0.6) is 0 Å². The molecule has 3 N–H and O–H groups in total. The summed E-state index contributed by atoms with van der Waals surface area (Å²) in [6.45, 7) is 0. The van der Waals surface area contributed by atoms with Crippen molar-refractivity contribution in [2.45, 2.75) is 12.8 Å². The van der Waals surface area contributed by atoms with Crippen LogP contribution in [0, 0.1) is 0 Å². The molecular weight excluding hydrogens is 236 g/mol. The van der Waals surface area contributed by atoms with E-state index in [4.69, 9.17) is 17.4 Å². The Morgan fingerprint density at radius 1 is 1.18 bits per heavy atom. The molecule has 1 heterocycles. The predicted molar refractivity (Wildman–Crippen MR) is 67.7 cm³/mol. The number of anilines is 1. The molecule has 1 aromatic heterocycles. The van der Waals surface area contributed by atoms with Crippen molar-refractivity contribution in [3.8, 4) is 11.3 Å². The van der Waals surface area contributed by atoms with Crippen LogP contribution in [0.15, 0.2) is 24.3 Å². The van der Waals surface area contributed by atoms with Crippen molar-refractivity contribution >= 4 is 17.4 Å².